The van der Waals surface area contributed by atoms with E-state index in [1.54, 1.807) is 12.1 Å². The van der Waals surface area contributed by atoms with Gasteiger partial charge in [-0.1, -0.05) is 12.1 Å². The zero-order valence-corrected chi connectivity index (χ0v) is 28.3. The van der Waals surface area contributed by atoms with Crippen LogP contribution < -0.4 is 14.8 Å². The quantitative estimate of drug-likeness (QED) is 0.118. The molecule has 14 nitrogen and oxygen atoms in total. The first kappa shape index (κ1) is 41.5. The molecule has 2 atom stereocenters. The molecule has 270 valence electrons. The number of benzene rings is 2. The van der Waals surface area contributed by atoms with Crippen LogP contribution in [0.15, 0.2) is 58.7 Å². The van der Waals surface area contributed by atoms with Gasteiger partial charge in [-0.15, -0.1) is 0 Å². The van der Waals surface area contributed by atoms with Crippen molar-refractivity contribution in [3.63, 3.8) is 0 Å². The number of carbonyl (C=O) groups is 3. The first-order valence-electron chi connectivity index (χ1n) is 14.6. The van der Waals surface area contributed by atoms with Crippen LogP contribution in [0.2, 0.25) is 0 Å². The average Bonchev–Trinajstić information content (AvgIpc) is 3.42. The van der Waals surface area contributed by atoms with Gasteiger partial charge >= 0.3 is 52.8 Å². The first-order chi connectivity index (χ1) is 23.4. The summed E-state index contributed by atoms with van der Waals surface area (Å²) in [6.45, 7) is 2.16. The fourth-order valence-electron chi connectivity index (χ4n) is 4.97. The molecule has 0 aliphatic heterocycles. The number of aryl methyl sites for hydroxylation is 2. The molecule has 0 fully saturated rings. The maximum atomic E-state index is 14.3. The van der Waals surface area contributed by atoms with Crippen LogP contribution in [-0.2, 0) is 41.3 Å². The topological polar surface area (TPSA) is 210 Å². The Hall–Kier alpha value is -3.88. The monoisotopic (exact) mass is 764 g/mol. The van der Waals surface area contributed by atoms with Gasteiger partial charge in [0.2, 0.25) is 0 Å². The Morgan fingerprint density at radius 1 is 1.06 bits per heavy atom. The van der Waals surface area contributed by atoms with E-state index in [9.17, 15) is 45.6 Å². The third kappa shape index (κ3) is 10.4. The summed E-state index contributed by atoms with van der Waals surface area (Å²) in [5, 5.41) is 19.9. The predicted molar refractivity (Wildman–Crippen MR) is 178 cm³/mol. The van der Waals surface area contributed by atoms with E-state index in [-0.39, 0.29) is 90.9 Å². The molecule has 0 saturated heterocycles. The van der Waals surface area contributed by atoms with E-state index in [2.05, 4.69) is 15.3 Å². The van der Waals surface area contributed by atoms with E-state index in [0.29, 0.717) is 0 Å². The van der Waals surface area contributed by atoms with E-state index < -0.39 is 76.7 Å². The number of rotatable bonds is 15. The second kappa shape index (κ2) is 17.1. The molecule has 20 heteroatoms. The average molecular weight is 765 g/mol. The van der Waals surface area contributed by atoms with Gasteiger partial charge in [0, 0.05) is 29.4 Å². The number of para-hydroxylation sites is 2. The Labute approximate surface area is 314 Å². The van der Waals surface area contributed by atoms with Crippen molar-refractivity contribution in [3.05, 3.63) is 71.0 Å². The number of carboxylic acids is 2. The van der Waals surface area contributed by atoms with Crippen LogP contribution in [0.3, 0.4) is 0 Å². The molecule has 2 aromatic heterocycles. The molecular weight excluding hydrogens is 732 g/mol. The first-order valence-corrected chi connectivity index (χ1v) is 17.4. The van der Waals surface area contributed by atoms with Gasteiger partial charge < -0.3 is 29.6 Å². The van der Waals surface area contributed by atoms with Gasteiger partial charge in [0.25, 0.3) is 15.9 Å². The van der Waals surface area contributed by atoms with Gasteiger partial charge in [-0.05, 0) is 68.7 Å². The van der Waals surface area contributed by atoms with E-state index in [0.717, 1.165) is 3.97 Å². The number of ether oxygens (including phenoxy) is 2. The van der Waals surface area contributed by atoms with E-state index in [1.807, 2.05) is 0 Å². The number of fused-ring (bicyclic) bond motifs is 1. The minimum absolute atomic E-state index is 0. The zero-order valence-electron chi connectivity index (χ0n) is 26.7. The zero-order chi connectivity index (χ0) is 37.0. The third-order valence-electron chi connectivity index (χ3n) is 7.19. The van der Waals surface area contributed by atoms with E-state index in [4.69, 9.17) is 14.6 Å². The number of amides is 1. The van der Waals surface area contributed by atoms with Crippen molar-refractivity contribution in [3.8, 4) is 11.5 Å². The van der Waals surface area contributed by atoms with Crippen molar-refractivity contribution >= 4 is 79.6 Å². The van der Waals surface area contributed by atoms with Gasteiger partial charge in [-0.25, -0.2) is 13.2 Å². The number of carboxylic acid groups (broad SMARTS) is 2. The van der Waals surface area contributed by atoms with E-state index >= 15 is 0 Å². The SMILES string of the molecule is Cc1cc(OCC(=O)NC(CCC(=O)O)C(=O)O)cc(C)c1S(=O)(=O)n1c([S+]([O-])Cc2nccc(OCC(F)(F)F)c2C)nc2ccccc21.[NaH]. The van der Waals surface area contributed by atoms with Crippen LogP contribution in [0.5, 0.6) is 11.5 Å². The Bertz CT molecular complexity index is 2020. The van der Waals surface area contributed by atoms with Crippen LogP contribution in [0.4, 0.5) is 13.2 Å². The Kier molecular flexibility index (Phi) is 13.9. The van der Waals surface area contributed by atoms with Crippen molar-refractivity contribution in [2.24, 2.45) is 0 Å². The van der Waals surface area contributed by atoms with Crippen LogP contribution in [0.1, 0.15) is 35.2 Å². The maximum absolute atomic E-state index is 14.3. The number of nitrogens with zero attached hydrogens (tertiary/aromatic N) is 3. The summed E-state index contributed by atoms with van der Waals surface area (Å²) in [7, 11) is -4.54. The van der Waals surface area contributed by atoms with Crippen molar-refractivity contribution in [2.45, 2.75) is 61.6 Å². The van der Waals surface area contributed by atoms with Crippen LogP contribution in [-0.4, -0.2) is 110 Å². The molecule has 0 radical (unpaired) electrons. The fraction of sp³-hybridized carbons (Fsp3) is 0.323. The van der Waals surface area contributed by atoms with Gasteiger partial charge in [-0.3, -0.25) is 14.6 Å². The molecule has 0 spiro atoms. The van der Waals surface area contributed by atoms with Crippen LogP contribution in [0, 0.1) is 20.8 Å². The normalized spacial score (nSPS) is 12.8. The fourth-order valence-corrected chi connectivity index (χ4v) is 8.44. The molecule has 2 heterocycles. The van der Waals surface area contributed by atoms with Gasteiger partial charge in [0.05, 0.1) is 21.6 Å². The number of aliphatic carboxylic acids is 2. The van der Waals surface area contributed by atoms with Gasteiger partial charge in [0.1, 0.15) is 17.5 Å². The van der Waals surface area contributed by atoms with Crippen LogP contribution in [0.25, 0.3) is 11.0 Å². The number of imidazole rings is 1. The summed E-state index contributed by atoms with van der Waals surface area (Å²) in [4.78, 5) is 42.8. The molecule has 0 bridgehead atoms. The molecule has 4 aromatic rings. The summed E-state index contributed by atoms with van der Waals surface area (Å²) in [5.41, 5.74) is 0.947. The molecule has 1 amide bonds. The molecule has 0 saturated carbocycles. The van der Waals surface area contributed by atoms with E-state index in [1.165, 1.54) is 57.3 Å². The Morgan fingerprint density at radius 3 is 2.31 bits per heavy atom. The number of aromatic nitrogens is 3. The number of hydrogen-bond acceptors (Lipinski definition) is 10. The summed E-state index contributed by atoms with van der Waals surface area (Å²) in [5.74, 6) is -3.98. The Morgan fingerprint density at radius 2 is 1.71 bits per heavy atom. The molecule has 4 rings (SSSR count). The minimum atomic E-state index is -4.59. The van der Waals surface area contributed by atoms with Crippen molar-refractivity contribution in [2.75, 3.05) is 13.2 Å². The number of halogens is 3. The molecular formula is C31H32F3N4NaO10S2. The third-order valence-corrected chi connectivity index (χ3v) is 10.5. The standard InChI is InChI=1S/C31H31F3N4O10S2.Na.H/c1-17-12-20(47-14-26(39)36-22(29(42)43)8-9-27(40)41)13-18(2)28(17)50(45,46)38-24-7-5-4-6-21(24)37-30(38)49(44)15-23-19(3)25(10-11-35-23)48-16-31(32,33)34;;/h4-7,10-13,22H,8-9,14-16H2,1-3H3,(H,36,39)(H,40,41)(H,42,43);;. The number of nitrogens with one attached hydrogen (secondary N) is 1. The molecule has 0 aliphatic carbocycles. The summed E-state index contributed by atoms with van der Waals surface area (Å²) in [6.07, 6.45) is -4.24. The number of carbonyl (C=O) groups excluding carboxylic acids is 1. The molecule has 3 N–H and O–H groups in total. The summed E-state index contributed by atoms with van der Waals surface area (Å²) >= 11 is -2.19. The molecule has 51 heavy (non-hydrogen) atoms. The molecule has 2 unspecified atom stereocenters. The van der Waals surface area contributed by atoms with Gasteiger partial charge in [0.15, 0.2) is 19.0 Å². The van der Waals surface area contributed by atoms with Crippen molar-refractivity contribution in [1.82, 2.24) is 19.3 Å². The van der Waals surface area contributed by atoms with Crippen molar-refractivity contribution in [1.29, 1.82) is 0 Å². The van der Waals surface area contributed by atoms with Gasteiger partial charge in [-0.2, -0.15) is 22.1 Å². The second-order valence-electron chi connectivity index (χ2n) is 11.0. The number of hydrogen-bond donors (Lipinski definition) is 3. The number of alkyl halides is 3. The summed E-state index contributed by atoms with van der Waals surface area (Å²) in [6, 6.07) is 8.60. The predicted octanol–water partition coefficient (Wildman–Crippen LogP) is 3.01. The summed E-state index contributed by atoms with van der Waals surface area (Å²) < 4.78 is 91.9. The second-order valence-corrected chi connectivity index (χ2v) is 14.1. The number of pyridine rings is 1. The molecule has 0 aliphatic rings. The van der Waals surface area contributed by atoms with Crippen LogP contribution >= 0.6 is 0 Å². The molecule has 2 aromatic carbocycles. The van der Waals surface area contributed by atoms with Crippen molar-refractivity contribution < 1.29 is 60.2 Å². The Balaban J connectivity index is 0.00000702.